The molecule has 100 valence electrons. The fraction of sp³-hybridized carbons (Fsp3) is 0.214. The lowest BCUT2D eigenvalue weighted by Gasteiger charge is -2.07. The Kier molecular flexibility index (Phi) is 4.24. The summed E-state index contributed by atoms with van der Waals surface area (Å²) in [6.07, 6.45) is 2.19. The van der Waals surface area contributed by atoms with E-state index in [0.717, 1.165) is 11.1 Å². The van der Waals surface area contributed by atoms with Crippen LogP contribution in [0.5, 0.6) is 0 Å². The van der Waals surface area contributed by atoms with Crippen molar-refractivity contribution in [1.82, 2.24) is 4.98 Å². The molecular weight excluding hydrogens is 266 g/mol. The number of hydrogen-bond donors (Lipinski definition) is 2. The molecule has 0 amide bonds. The van der Waals surface area contributed by atoms with E-state index in [1.54, 1.807) is 19.4 Å². The van der Waals surface area contributed by atoms with Gasteiger partial charge in [-0.2, -0.15) is 0 Å². The summed E-state index contributed by atoms with van der Waals surface area (Å²) >= 11 is 6.16. The molecule has 0 radical (unpaired) electrons. The molecule has 4 nitrogen and oxygen atoms in total. The predicted molar refractivity (Wildman–Crippen MR) is 73.8 cm³/mol. The number of rotatable bonds is 5. The van der Waals surface area contributed by atoms with E-state index < -0.39 is 5.97 Å². The van der Waals surface area contributed by atoms with Crippen molar-refractivity contribution in [3.05, 3.63) is 46.7 Å². The maximum atomic E-state index is 11.2. The Balaban J connectivity index is 2.51. The number of methoxy groups -OCH3 is 1. The van der Waals surface area contributed by atoms with Crippen LogP contribution in [0.4, 0.5) is 0 Å². The highest BCUT2D eigenvalue weighted by Crippen LogP contribution is 2.32. The molecule has 0 fully saturated rings. The minimum Gasteiger partial charge on any atom is -0.477 e. The van der Waals surface area contributed by atoms with Crippen molar-refractivity contribution in [2.75, 3.05) is 13.7 Å². The van der Waals surface area contributed by atoms with Crippen LogP contribution in [-0.2, 0) is 11.2 Å². The van der Waals surface area contributed by atoms with Gasteiger partial charge in [0.05, 0.1) is 6.61 Å². The number of aromatic amines is 1. The van der Waals surface area contributed by atoms with Crippen LogP contribution in [0.15, 0.2) is 30.5 Å². The summed E-state index contributed by atoms with van der Waals surface area (Å²) in [5.41, 5.74) is 2.52. The summed E-state index contributed by atoms with van der Waals surface area (Å²) in [4.78, 5) is 14.0. The first kappa shape index (κ1) is 13.6. The van der Waals surface area contributed by atoms with Gasteiger partial charge in [-0.1, -0.05) is 29.8 Å². The number of carboxylic acids is 1. The third-order valence-electron chi connectivity index (χ3n) is 2.92. The van der Waals surface area contributed by atoms with Gasteiger partial charge in [-0.25, -0.2) is 4.79 Å². The molecule has 0 saturated heterocycles. The molecule has 1 aromatic carbocycles. The molecule has 0 saturated carbocycles. The van der Waals surface area contributed by atoms with Crippen molar-refractivity contribution in [1.29, 1.82) is 0 Å². The minimum absolute atomic E-state index is 0.187. The van der Waals surface area contributed by atoms with E-state index in [2.05, 4.69) is 4.98 Å². The second kappa shape index (κ2) is 5.91. The van der Waals surface area contributed by atoms with Crippen LogP contribution in [0, 0.1) is 0 Å². The number of hydrogen-bond acceptors (Lipinski definition) is 2. The van der Waals surface area contributed by atoms with Crippen molar-refractivity contribution in [3.63, 3.8) is 0 Å². The molecule has 2 N–H and O–H groups in total. The lowest BCUT2D eigenvalue weighted by molar-refractivity contribution is 0.0689. The van der Waals surface area contributed by atoms with E-state index in [0.29, 0.717) is 23.6 Å². The molecule has 19 heavy (non-hydrogen) atoms. The molecule has 0 atom stereocenters. The van der Waals surface area contributed by atoms with E-state index in [-0.39, 0.29) is 5.69 Å². The number of aromatic nitrogens is 1. The molecule has 0 bridgehead atoms. The summed E-state index contributed by atoms with van der Waals surface area (Å²) in [5.74, 6) is -0.982. The largest absolute Gasteiger partial charge is 0.477 e. The highest BCUT2D eigenvalue weighted by Gasteiger charge is 2.18. The van der Waals surface area contributed by atoms with Crippen molar-refractivity contribution >= 4 is 17.6 Å². The van der Waals surface area contributed by atoms with Crippen LogP contribution < -0.4 is 0 Å². The zero-order valence-electron chi connectivity index (χ0n) is 10.4. The first-order valence-corrected chi connectivity index (χ1v) is 6.20. The van der Waals surface area contributed by atoms with Crippen molar-refractivity contribution < 1.29 is 14.6 Å². The van der Waals surface area contributed by atoms with Gasteiger partial charge in [0.1, 0.15) is 5.69 Å². The van der Waals surface area contributed by atoms with E-state index in [1.807, 2.05) is 18.2 Å². The highest BCUT2D eigenvalue weighted by molar-refractivity contribution is 6.33. The molecule has 0 aliphatic heterocycles. The summed E-state index contributed by atoms with van der Waals surface area (Å²) < 4.78 is 5.03. The Morgan fingerprint density at radius 2 is 2.11 bits per heavy atom. The summed E-state index contributed by atoms with van der Waals surface area (Å²) in [7, 11) is 1.59. The van der Waals surface area contributed by atoms with Crippen LogP contribution in [0.1, 0.15) is 16.1 Å². The smallest absolute Gasteiger partial charge is 0.352 e. The molecule has 0 spiro atoms. The normalized spacial score (nSPS) is 10.6. The van der Waals surface area contributed by atoms with E-state index in [9.17, 15) is 9.90 Å². The molecule has 0 aliphatic rings. The number of halogens is 1. The van der Waals surface area contributed by atoms with E-state index in [1.165, 1.54) is 0 Å². The Morgan fingerprint density at radius 3 is 2.74 bits per heavy atom. The maximum Gasteiger partial charge on any atom is 0.352 e. The van der Waals surface area contributed by atoms with E-state index in [4.69, 9.17) is 16.3 Å². The molecule has 1 heterocycles. The van der Waals surface area contributed by atoms with Gasteiger partial charge < -0.3 is 14.8 Å². The number of carbonyl (C=O) groups is 1. The lowest BCUT2D eigenvalue weighted by Crippen LogP contribution is -2.04. The predicted octanol–water partition coefficient (Wildman–Crippen LogP) is 3.22. The Bertz CT molecular complexity index is 592. The van der Waals surface area contributed by atoms with Gasteiger partial charge in [-0.15, -0.1) is 0 Å². The first-order chi connectivity index (χ1) is 9.15. The number of ether oxygens (including phenoxy) is 1. The van der Waals surface area contributed by atoms with Gasteiger partial charge in [-0.05, 0) is 18.1 Å². The quantitative estimate of drug-likeness (QED) is 0.883. The standard InChI is InChI=1S/C14H14ClNO3/c1-19-7-6-10-11(8-16-13(10)14(17)18)9-4-2-3-5-12(9)15/h2-5,8,16H,6-7H2,1H3,(H,17,18). The van der Waals surface area contributed by atoms with Crippen LogP contribution in [0.2, 0.25) is 5.02 Å². The number of aromatic carboxylic acids is 1. The fourth-order valence-electron chi connectivity index (χ4n) is 2.03. The first-order valence-electron chi connectivity index (χ1n) is 5.82. The molecule has 2 rings (SSSR count). The van der Waals surface area contributed by atoms with Crippen molar-refractivity contribution in [2.45, 2.75) is 6.42 Å². The fourth-order valence-corrected chi connectivity index (χ4v) is 2.27. The topological polar surface area (TPSA) is 62.3 Å². The van der Waals surface area contributed by atoms with Gasteiger partial charge in [0.2, 0.25) is 0 Å². The Labute approximate surface area is 116 Å². The third kappa shape index (κ3) is 2.80. The average Bonchev–Trinajstić information content (AvgIpc) is 2.80. The molecule has 0 aliphatic carbocycles. The second-order valence-corrected chi connectivity index (χ2v) is 4.49. The number of benzene rings is 1. The zero-order chi connectivity index (χ0) is 13.8. The molecule has 5 heteroatoms. The lowest BCUT2D eigenvalue weighted by atomic mass is 10.0. The van der Waals surface area contributed by atoms with E-state index >= 15 is 0 Å². The number of nitrogens with one attached hydrogen (secondary N) is 1. The van der Waals surface area contributed by atoms with Crippen molar-refractivity contribution in [2.24, 2.45) is 0 Å². The van der Waals surface area contributed by atoms with Gasteiger partial charge in [0, 0.05) is 29.5 Å². The van der Waals surface area contributed by atoms with Gasteiger partial charge in [0.15, 0.2) is 0 Å². The molecular formula is C14H14ClNO3. The minimum atomic E-state index is -0.982. The Morgan fingerprint density at radius 1 is 1.37 bits per heavy atom. The van der Waals surface area contributed by atoms with Crippen LogP contribution in [0.25, 0.3) is 11.1 Å². The zero-order valence-corrected chi connectivity index (χ0v) is 11.2. The summed E-state index contributed by atoms with van der Waals surface area (Å²) in [6, 6.07) is 7.36. The monoisotopic (exact) mass is 279 g/mol. The van der Waals surface area contributed by atoms with Gasteiger partial charge >= 0.3 is 5.97 Å². The number of H-pyrrole nitrogens is 1. The Hall–Kier alpha value is -1.78. The van der Waals surface area contributed by atoms with Gasteiger partial charge in [-0.3, -0.25) is 0 Å². The van der Waals surface area contributed by atoms with Crippen molar-refractivity contribution in [3.8, 4) is 11.1 Å². The van der Waals surface area contributed by atoms with Crippen LogP contribution in [-0.4, -0.2) is 29.8 Å². The second-order valence-electron chi connectivity index (χ2n) is 4.08. The molecule has 0 unspecified atom stereocenters. The average molecular weight is 280 g/mol. The summed E-state index contributed by atoms with van der Waals surface area (Å²) in [5, 5.41) is 9.78. The SMILES string of the molecule is COCCc1c(-c2ccccc2Cl)c[nH]c1C(=O)O. The maximum absolute atomic E-state index is 11.2. The summed E-state index contributed by atoms with van der Waals surface area (Å²) in [6.45, 7) is 0.454. The molecule has 1 aromatic heterocycles. The highest BCUT2D eigenvalue weighted by atomic mass is 35.5. The molecule has 2 aromatic rings. The number of carboxylic acid groups (broad SMARTS) is 1. The van der Waals surface area contributed by atoms with Crippen LogP contribution in [0.3, 0.4) is 0 Å². The van der Waals surface area contributed by atoms with Gasteiger partial charge in [0.25, 0.3) is 0 Å². The third-order valence-corrected chi connectivity index (χ3v) is 3.25. The van der Waals surface area contributed by atoms with Crippen LogP contribution >= 0.6 is 11.6 Å².